The highest BCUT2D eigenvalue weighted by Crippen LogP contribution is 2.37. The van der Waals surface area contributed by atoms with E-state index < -0.39 is 5.91 Å². The van der Waals surface area contributed by atoms with Crippen LogP contribution >= 0.6 is 22.7 Å². The number of amides is 3. The van der Waals surface area contributed by atoms with Crippen LogP contribution in [0.4, 0.5) is 9.80 Å². The van der Waals surface area contributed by atoms with Crippen LogP contribution in [-0.2, 0) is 28.9 Å². The minimum absolute atomic E-state index is 0.198. The summed E-state index contributed by atoms with van der Waals surface area (Å²) in [5.74, 6) is -0.769. The highest BCUT2D eigenvalue weighted by atomic mass is 32.1. The van der Waals surface area contributed by atoms with Crippen LogP contribution < -0.4 is 11.1 Å². The zero-order chi connectivity index (χ0) is 18.7. The number of nitrogens with one attached hydrogen (secondary N) is 1. The molecule has 3 rings (SSSR count). The molecule has 9 heteroatoms. The normalized spacial score (nSPS) is 13.2. The number of anilines is 1. The van der Waals surface area contributed by atoms with Crippen LogP contribution in [0.3, 0.4) is 0 Å². The van der Waals surface area contributed by atoms with Crippen LogP contribution in [0, 0.1) is 0 Å². The second kappa shape index (κ2) is 7.88. The zero-order valence-corrected chi connectivity index (χ0v) is 15.9. The van der Waals surface area contributed by atoms with Gasteiger partial charge in [0.1, 0.15) is 5.00 Å². The quantitative estimate of drug-likeness (QED) is 0.815. The number of fused-ring (bicyclic) bond motifs is 1. The van der Waals surface area contributed by atoms with Crippen molar-refractivity contribution >= 4 is 45.6 Å². The Morgan fingerprint density at radius 1 is 1.38 bits per heavy atom. The van der Waals surface area contributed by atoms with Crippen LogP contribution in [0.15, 0.2) is 17.5 Å². The van der Waals surface area contributed by atoms with Gasteiger partial charge in [0.05, 0.1) is 25.1 Å². The third-order valence-corrected chi connectivity index (χ3v) is 6.01. The number of nitrogens with zero attached hydrogens (tertiary/aromatic N) is 1. The summed E-state index contributed by atoms with van der Waals surface area (Å²) in [4.78, 5) is 39.6. The summed E-state index contributed by atoms with van der Waals surface area (Å²) in [6, 6.07) is 3.77. The van der Waals surface area contributed by atoms with E-state index in [0.717, 1.165) is 15.3 Å². The molecule has 3 heterocycles. The summed E-state index contributed by atoms with van der Waals surface area (Å²) in [6.07, 6.45) is 0.368. The van der Waals surface area contributed by atoms with Gasteiger partial charge >= 0.3 is 6.09 Å². The number of carbonyl (C=O) groups excluding carboxylic acids is 3. The molecule has 0 aliphatic carbocycles. The Morgan fingerprint density at radius 2 is 2.19 bits per heavy atom. The SMILES string of the molecule is CCOC(=O)N1CCc2c(sc(NC(=O)Cc3cccs3)c2C(N)=O)C1. The Morgan fingerprint density at radius 3 is 2.85 bits per heavy atom. The van der Waals surface area contributed by atoms with Crippen LogP contribution in [0.1, 0.15) is 32.6 Å². The fourth-order valence-electron chi connectivity index (χ4n) is 2.87. The largest absolute Gasteiger partial charge is 0.450 e. The summed E-state index contributed by atoms with van der Waals surface area (Å²) in [6.45, 7) is 2.86. The molecule has 0 aromatic carbocycles. The van der Waals surface area contributed by atoms with E-state index in [-0.39, 0.29) is 18.4 Å². The molecule has 0 atom stereocenters. The molecule has 3 amide bonds. The van der Waals surface area contributed by atoms with E-state index in [1.807, 2.05) is 17.5 Å². The van der Waals surface area contributed by atoms with Crippen LogP contribution in [0.2, 0.25) is 0 Å². The van der Waals surface area contributed by atoms with Gasteiger partial charge in [0, 0.05) is 16.3 Å². The number of carbonyl (C=O) groups is 3. The van der Waals surface area contributed by atoms with Gasteiger partial charge in [-0.1, -0.05) is 6.07 Å². The molecule has 7 nitrogen and oxygen atoms in total. The van der Waals surface area contributed by atoms with E-state index in [4.69, 9.17) is 10.5 Å². The Hall–Kier alpha value is -2.39. The lowest BCUT2D eigenvalue weighted by atomic mass is 10.0. The second-order valence-electron chi connectivity index (χ2n) is 5.75. The Kier molecular flexibility index (Phi) is 5.58. The molecular weight excluding hydrogens is 374 g/mol. The zero-order valence-electron chi connectivity index (χ0n) is 14.2. The standard InChI is InChI=1S/C17H19N3O4S2/c1-2-24-17(23)20-6-5-11-12(9-20)26-16(14(11)15(18)22)19-13(21)8-10-4-3-7-25-10/h3-4,7H,2,5-6,8-9H2,1H3,(H2,18,22)(H,19,21). The van der Waals surface area contributed by atoms with Gasteiger partial charge in [-0.3, -0.25) is 9.59 Å². The van der Waals surface area contributed by atoms with E-state index in [1.54, 1.807) is 11.8 Å². The smallest absolute Gasteiger partial charge is 0.410 e. The minimum atomic E-state index is -0.571. The molecule has 0 radical (unpaired) electrons. The van der Waals surface area contributed by atoms with Gasteiger partial charge in [-0.15, -0.1) is 22.7 Å². The maximum absolute atomic E-state index is 12.3. The molecule has 1 aliphatic heterocycles. The van der Waals surface area contributed by atoms with E-state index in [2.05, 4.69) is 5.32 Å². The van der Waals surface area contributed by atoms with Gasteiger partial charge in [-0.25, -0.2) is 4.79 Å². The lowest BCUT2D eigenvalue weighted by Crippen LogP contribution is -2.36. The molecule has 0 bridgehead atoms. The van der Waals surface area contributed by atoms with Crippen molar-refractivity contribution in [3.8, 4) is 0 Å². The summed E-state index contributed by atoms with van der Waals surface area (Å²) in [5, 5.41) is 5.17. The number of ether oxygens (including phenoxy) is 1. The minimum Gasteiger partial charge on any atom is -0.450 e. The van der Waals surface area contributed by atoms with E-state index in [9.17, 15) is 14.4 Å². The molecule has 0 spiro atoms. The lowest BCUT2D eigenvalue weighted by Gasteiger charge is -2.26. The van der Waals surface area contributed by atoms with Crippen molar-refractivity contribution in [1.29, 1.82) is 0 Å². The first-order valence-corrected chi connectivity index (χ1v) is 9.87. The van der Waals surface area contributed by atoms with Crippen molar-refractivity contribution in [3.63, 3.8) is 0 Å². The van der Waals surface area contributed by atoms with Crippen molar-refractivity contribution in [1.82, 2.24) is 4.90 Å². The van der Waals surface area contributed by atoms with Gasteiger partial charge in [0.25, 0.3) is 5.91 Å². The molecular formula is C17H19N3O4S2. The van der Waals surface area contributed by atoms with Crippen LogP contribution in [0.25, 0.3) is 0 Å². The molecule has 0 fully saturated rings. The molecule has 1 aliphatic rings. The molecule has 0 saturated heterocycles. The Balaban J connectivity index is 1.80. The van der Waals surface area contributed by atoms with Crippen molar-refractivity contribution in [2.24, 2.45) is 5.73 Å². The van der Waals surface area contributed by atoms with Crippen molar-refractivity contribution in [2.75, 3.05) is 18.5 Å². The van der Waals surface area contributed by atoms with Gasteiger partial charge in [-0.2, -0.15) is 0 Å². The molecule has 2 aromatic rings. The van der Waals surface area contributed by atoms with Crippen molar-refractivity contribution in [3.05, 3.63) is 38.4 Å². The average molecular weight is 393 g/mol. The third kappa shape index (κ3) is 3.88. The number of primary amides is 1. The molecule has 2 aromatic heterocycles. The van der Waals surface area contributed by atoms with Crippen molar-refractivity contribution in [2.45, 2.75) is 26.3 Å². The topological polar surface area (TPSA) is 102 Å². The maximum atomic E-state index is 12.3. The Labute approximate surface area is 158 Å². The summed E-state index contributed by atoms with van der Waals surface area (Å²) in [7, 11) is 0. The molecule has 3 N–H and O–H groups in total. The van der Waals surface area contributed by atoms with E-state index in [0.29, 0.717) is 36.7 Å². The predicted octanol–water partition coefficient (Wildman–Crippen LogP) is 2.60. The first-order valence-electron chi connectivity index (χ1n) is 8.17. The number of nitrogens with two attached hydrogens (primary N) is 1. The summed E-state index contributed by atoms with van der Waals surface area (Å²) >= 11 is 2.79. The number of hydrogen-bond acceptors (Lipinski definition) is 6. The fraction of sp³-hybridized carbons (Fsp3) is 0.353. The highest BCUT2D eigenvalue weighted by molar-refractivity contribution is 7.17. The third-order valence-electron chi connectivity index (χ3n) is 4.00. The van der Waals surface area contributed by atoms with Gasteiger partial charge in [0.2, 0.25) is 5.91 Å². The molecule has 0 unspecified atom stereocenters. The number of hydrogen-bond donors (Lipinski definition) is 2. The first kappa shape index (κ1) is 18.4. The van der Waals surface area contributed by atoms with Gasteiger partial charge in [-0.05, 0) is 30.4 Å². The molecule has 26 heavy (non-hydrogen) atoms. The molecule has 0 saturated carbocycles. The van der Waals surface area contributed by atoms with Crippen LogP contribution in [-0.4, -0.2) is 36.0 Å². The van der Waals surface area contributed by atoms with E-state index >= 15 is 0 Å². The monoisotopic (exact) mass is 393 g/mol. The Bertz CT molecular complexity index is 829. The molecule has 138 valence electrons. The number of thiophene rings is 2. The first-order chi connectivity index (χ1) is 12.5. The average Bonchev–Trinajstić information content (AvgIpc) is 3.21. The van der Waals surface area contributed by atoms with Crippen LogP contribution in [0.5, 0.6) is 0 Å². The summed E-state index contributed by atoms with van der Waals surface area (Å²) in [5.41, 5.74) is 6.72. The van der Waals surface area contributed by atoms with Gasteiger partial charge < -0.3 is 20.7 Å². The van der Waals surface area contributed by atoms with Gasteiger partial charge in [0.15, 0.2) is 0 Å². The lowest BCUT2D eigenvalue weighted by molar-refractivity contribution is -0.115. The second-order valence-corrected chi connectivity index (χ2v) is 7.88. The number of rotatable bonds is 5. The van der Waals surface area contributed by atoms with Crippen molar-refractivity contribution < 1.29 is 19.1 Å². The highest BCUT2D eigenvalue weighted by Gasteiger charge is 2.30. The van der Waals surface area contributed by atoms with E-state index in [1.165, 1.54) is 22.7 Å². The summed E-state index contributed by atoms with van der Waals surface area (Å²) < 4.78 is 5.04. The maximum Gasteiger partial charge on any atom is 0.410 e. The fourth-order valence-corrected chi connectivity index (χ4v) is 4.85. The predicted molar refractivity (Wildman–Crippen MR) is 101 cm³/mol.